The average molecular weight is 337 g/mol. The van der Waals surface area contributed by atoms with Crippen molar-refractivity contribution in [2.24, 2.45) is 5.92 Å². The summed E-state index contributed by atoms with van der Waals surface area (Å²) < 4.78 is 2.23. The van der Waals surface area contributed by atoms with Gasteiger partial charge in [0.2, 0.25) is 5.91 Å². The lowest BCUT2D eigenvalue weighted by Crippen LogP contribution is -2.34. The molecular formula is C16H21BrN2O. The molecular weight excluding hydrogens is 316 g/mol. The fourth-order valence-electron chi connectivity index (χ4n) is 2.20. The highest BCUT2D eigenvalue weighted by Gasteiger charge is 2.17. The number of amides is 1. The van der Waals surface area contributed by atoms with Crippen LogP contribution in [0.3, 0.4) is 0 Å². The number of nitrogens with one attached hydrogen (secondary N) is 1. The Hall–Kier alpha value is -1.29. The van der Waals surface area contributed by atoms with Crippen LogP contribution in [0.5, 0.6) is 0 Å². The van der Waals surface area contributed by atoms with E-state index in [0.29, 0.717) is 12.5 Å². The highest BCUT2D eigenvalue weighted by Crippen LogP contribution is 2.15. The van der Waals surface area contributed by atoms with Crippen LogP contribution in [0.2, 0.25) is 0 Å². The number of rotatable bonds is 6. The Kier molecular flexibility index (Phi) is 5.24. The standard InChI is InChI=1S/C16H21BrN2O/c1-12(2)15(17)16(20)18-9-5-10-19-11-8-13-6-3-4-7-14(13)19/h3-4,6-8,11-12,15H,5,9-10H2,1-2H3,(H,18,20). The van der Waals surface area contributed by atoms with Crippen molar-refractivity contribution in [2.75, 3.05) is 6.54 Å². The van der Waals surface area contributed by atoms with E-state index >= 15 is 0 Å². The van der Waals surface area contributed by atoms with Crippen LogP contribution < -0.4 is 5.32 Å². The maximum absolute atomic E-state index is 11.8. The van der Waals surface area contributed by atoms with Gasteiger partial charge in [-0.25, -0.2) is 0 Å². The number of nitrogens with zero attached hydrogens (tertiary/aromatic N) is 1. The maximum Gasteiger partial charge on any atom is 0.234 e. The number of carbonyl (C=O) groups is 1. The number of alkyl halides is 1. The number of aryl methyl sites for hydroxylation is 1. The second-order valence-corrected chi connectivity index (χ2v) is 6.34. The van der Waals surface area contributed by atoms with Crippen LogP contribution >= 0.6 is 15.9 Å². The Labute approximate surface area is 128 Å². The van der Waals surface area contributed by atoms with E-state index in [2.05, 4.69) is 62.3 Å². The summed E-state index contributed by atoms with van der Waals surface area (Å²) in [5, 5.41) is 4.24. The van der Waals surface area contributed by atoms with E-state index in [4.69, 9.17) is 0 Å². The van der Waals surface area contributed by atoms with Crippen molar-refractivity contribution < 1.29 is 4.79 Å². The van der Waals surface area contributed by atoms with Gasteiger partial charge in [-0.05, 0) is 29.9 Å². The molecule has 0 aliphatic heterocycles. The number of halogens is 1. The molecule has 0 fully saturated rings. The number of hydrogen-bond donors (Lipinski definition) is 1. The first-order valence-electron chi connectivity index (χ1n) is 7.05. The molecule has 1 heterocycles. The second-order valence-electron chi connectivity index (χ2n) is 5.36. The molecule has 1 aromatic carbocycles. The van der Waals surface area contributed by atoms with Crippen molar-refractivity contribution in [1.29, 1.82) is 0 Å². The molecule has 0 saturated carbocycles. The largest absolute Gasteiger partial charge is 0.355 e. The molecule has 0 aliphatic carbocycles. The third kappa shape index (κ3) is 3.63. The first kappa shape index (κ1) is 15.1. The Morgan fingerprint density at radius 3 is 2.80 bits per heavy atom. The number of fused-ring (bicyclic) bond motifs is 1. The van der Waals surface area contributed by atoms with Gasteiger partial charge < -0.3 is 9.88 Å². The van der Waals surface area contributed by atoms with Gasteiger partial charge in [-0.2, -0.15) is 0 Å². The van der Waals surface area contributed by atoms with Crippen molar-refractivity contribution in [3.05, 3.63) is 36.5 Å². The predicted molar refractivity (Wildman–Crippen MR) is 87.1 cm³/mol. The molecule has 3 nitrogen and oxygen atoms in total. The van der Waals surface area contributed by atoms with Gasteiger partial charge in [0.25, 0.3) is 0 Å². The number of benzene rings is 1. The Bertz CT molecular complexity index is 577. The third-order valence-electron chi connectivity index (χ3n) is 3.39. The molecule has 4 heteroatoms. The lowest BCUT2D eigenvalue weighted by molar-refractivity contribution is -0.121. The molecule has 0 spiro atoms. The number of hydrogen-bond acceptors (Lipinski definition) is 1. The smallest absolute Gasteiger partial charge is 0.234 e. The zero-order valence-electron chi connectivity index (χ0n) is 12.0. The highest BCUT2D eigenvalue weighted by atomic mass is 79.9. The topological polar surface area (TPSA) is 34.0 Å². The zero-order valence-corrected chi connectivity index (χ0v) is 13.6. The number of aromatic nitrogens is 1. The van der Waals surface area contributed by atoms with Crippen LogP contribution in [0.1, 0.15) is 20.3 Å². The summed E-state index contributed by atoms with van der Waals surface area (Å²) >= 11 is 3.41. The monoisotopic (exact) mass is 336 g/mol. The summed E-state index contributed by atoms with van der Waals surface area (Å²) in [7, 11) is 0. The van der Waals surface area contributed by atoms with E-state index in [0.717, 1.165) is 13.0 Å². The van der Waals surface area contributed by atoms with Crippen LogP contribution in [0.25, 0.3) is 10.9 Å². The van der Waals surface area contributed by atoms with E-state index in [-0.39, 0.29) is 10.7 Å². The summed E-state index contributed by atoms with van der Waals surface area (Å²) in [6, 6.07) is 10.5. The van der Waals surface area contributed by atoms with Crippen molar-refractivity contribution in [1.82, 2.24) is 9.88 Å². The molecule has 0 aliphatic rings. The van der Waals surface area contributed by atoms with Crippen molar-refractivity contribution in [3.8, 4) is 0 Å². The number of para-hydroxylation sites is 1. The van der Waals surface area contributed by atoms with E-state index in [1.807, 2.05) is 13.8 Å². The molecule has 0 radical (unpaired) electrons. The molecule has 108 valence electrons. The van der Waals surface area contributed by atoms with Crippen molar-refractivity contribution in [3.63, 3.8) is 0 Å². The average Bonchev–Trinajstić information content (AvgIpc) is 2.85. The predicted octanol–water partition coefficient (Wildman–Crippen LogP) is 3.57. The molecule has 20 heavy (non-hydrogen) atoms. The normalized spacial score (nSPS) is 12.8. The minimum Gasteiger partial charge on any atom is -0.355 e. The summed E-state index contributed by atoms with van der Waals surface area (Å²) in [6.45, 7) is 5.69. The SMILES string of the molecule is CC(C)C(Br)C(=O)NCCCn1ccc2ccccc21. The molecule has 1 N–H and O–H groups in total. The van der Waals surface area contributed by atoms with Gasteiger partial charge in [0.15, 0.2) is 0 Å². The molecule has 2 aromatic rings. The lowest BCUT2D eigenvalue weighted by Gasteiger charge is -2.14. The first-order chi connectivity index (χ1) is 9.59. The molecule has 0 bridgehead atoms. The zero-order chi connectivity index (χ0) is 14.5. The molecule has 1 amide bonds. The summed E-state index contributed by atoms with van der Waals surface area (Å²) in [4.78, 5) is 11.7. The van der Waals surface area contributed by atoms with Crippen molar-refractivity contribution in [2.45, 2.75) is 31.6 Å². The number of carbonyl (C=O) groups excluding carboxylic acids is 1. The van der Waals surface area contributed by atoms with Crippen LogP contribution in [-0.4, -0.2) is 21.8 Å². The highest BCUT2D eigenvalue weighted by molar-refractivity contribution is 9.10. The van der Waals surface area contributed by atoms with Crippen LogP contribution in [0.4, 0.5) is 0 Å². The Balaban J connectivity index is 1.80. The molecule has 1 atom stereocenters. The van der Waals surface area contributed by atoms with Gasteiger partial charge in [0.1, 0.15) is 0 Å². The fourth-order valence-corrected chi connectivity index (χ4v) is 2.36. The minimum atomic E-state index is -0.102. The van der Waals surface area contributed by atoms with Gasteiger partial charge >= 0.3 is 0 Å². The minimum absolute atomic E-state index is 0.0809. The van der Waals surface area contributed by atoms with Gasteiger partial charge in [0, 0.05) is 24.8 Å². The summed E-state index contributed by atoms with van der Waals surface area (Å²) in [5.41, 5.74) is 1.25. The van der Waals surface area contributed by atoms with E-state index in [1.54, 1.807) is 0 Å². The molecule has 2 rings (SSSR count). The van der Waals surface area contributed by atoms with Crippen LogP contribution in [0.15, 0.2) is 36.5 Å². The van der Waals surface area contributed by atoms with Gasteiger partial charge in [-0.3, -0.25) is 4.79 Å². The van der Waals surface area contributed by atoms with E-state index in [9.17, 15) is 4.79 Å². The second kappa shape index (κ2) is 6.93. The third-order valence-corrected chi connectivity index (χ3v) is 4.86. The summed E-state index contributed by atoms with van der Waals surface area (Å²) in [6.07, 6.45) is 3.04. The van der Waals surface area contributed by atoms with E-state index < -0.39 is 0 Å². The molecule has 1 aromatic heterocycles. The van der Waals surface area contributed by atoms with Gasteiger partial charge in [0.05, 0.1) is 4.83 Å². The van der Waals surface area contributed by atoms with Crippen LogP contribution in [-0.2, 0) is 11.3 Å². The van der Waals surface area contributed by atoms with Crippen LogP contribution in [0, 0.1) is 5.92 Å². The lowest BCUT2D eigenvalue weighted by atomic mass is 10.1. The first-order valence-corrected chi connectivity index (χ1v) is 7.97. The quantitative estimate of drug-likeness (QED) is 0.635. The maximum atomic E-state index is 11.8. The summed E-state index contributed by atoms with van der Waals surface area (Å²) in [5.74, 6) is 0.390. The van der Waals surface area contributed by atoms with E-state index in [1.165, 1.54) is 10.9 Å². The Morgan fingerprint density at radius 1 is 1.30 bits per heavy atom. The molecule has 1 unspecified atom stereocenters. The van der Waals surface area contributed by atoms with Gasteiger partial charge in [-0.1, -0.05) is 48.0 Å². The van der Waals surface area contributed by atoms with Crippen molar-refractivity contribution >= 4 is 32.7 Å². The Morgan fingerprint density at radius 2 is 2.05 bits per heavy atom. The van der Waals surface area contributed by atoms with Gasteiger partial charge in [-0.15, -0.1) is 0 Å². The molecule has 0 saturated heterocycles. The fraction of sp³-hybridized carbons (Fsp3) is 0.438.